The smallest absolute Gasteiger partial charge is 0.0487 e. The molecule has 0 saturated carbocycles. The van der Waals surface area contributed by atoms with Gasteiger partial charge >= 0.3 is 0 Å². The van der Waals surface area contributed by atoms with Crippen molar-refractivity contribution in [1.82, 2.24) is 0 Å². The zero-order chi connectivity index (χ0) is 8.55. The van der Waals surface area contributed by atoms with Gasteiger partial charge in [-0.1, -0.05) is 19.1 Å². The number of rotatable bonds is 1. The van der Waals surface area contributed by atoms with Gasteiger partial charge in [0.15, 0.2) is 0 Å². The van der Waals surface area contributed by atoms with Crippen LogP contribution in [0.15, 0.2) is 18.2 Å². The van der Waals surface area contributed by atoms with Gasteiger partial charge in [-0.15, -0.1) is 11.3 Å². The molecule has 12 heavy (non-hydrogen) atoms. The Hall–Kier alpha value is -0.820. The monoisotopic (exact) mass is 175 g/mol. The Morgan fingerprint density at radius 3 is 3.00 bits per heavy atom. The van der Waals surface area contributed by atoms with Crippen LogP contribution in [-0.4, -0.2) is 0 Å². The average Bonchev–Trinajstić information content (AvgIpc) is 2.47. The molecule has 0 bridgehead atoms. The molecule has 0 nitrogen and oxygen atoms in total. The van der Waals surface area contributed by atoms with Gasteiger partial charge in [0.2, 0.25) is 0 Å². The summed E-state index contributed by atoms with van der Waals surface area (Å²) < 4.78 is 1.37. The van der Waals surface area contributed by atoms with Gasteiger partial charge in [-0.25, -0.2) is 0 Å². The van der Waals surface area contributed by atoms with Crippen molar-refractivity contribution in [3.8, 4) is 0 Å². The third-order valence-corrected chi connectivity index (χ3v) is 3.14. The Kier molecular flexibility index (Phi) is 1.89. The van der Waals surface area contributed by atoms with E-state index in [4.69, 9.17) is 0 Å². The molecule has 0 N–H and O–H groups in total. The van der Waals surface area contributed by atoms with Gasteiger partial charge in [-0.3, -0.25) is 0 Å². The molecule has 0 amide bonds. The maximum Gasteiger partial charge on any atom is 0.0487 e. The summed E-state index contributed by atoms with van der Waals surface area (Å²) in [5.74, 6) is 0. The van der Waals surface area contributed by atoms with Gasteiger partial charge in [0, 0.05) is 10.1 Å². The van der Waals surface area contributed by atoms with Crippen molar-refractivity contribution in [2.75, 3.05) is 0 Å². The summed E-state index contributed by atoms with van der Waals surface area (Å²) >= 11 is 1.72. The maximum atomic E-state index is 3.27. The number of hydrogen-bond donors (Lipinski definition) is 0. The molecule has 0 saturated heterocycles. The minimum Gasteiger partial charge on any atom is -0.134 e. The van der Waals surface area contributed by atoms with Crippen molar-refractivity contribution in [1.29, 1.82) is 0 Å². The van der Waals surface area contributed by atoms with E-state index in [1.54, 1.807) is 11.3 Å². The molecule has 2 aromatic rings. The van der Waals surface area contributed by atoms with Crippen molar-refractivity contribution in [3.05, 3.63) is 34.7 Å². The lowest BCUT2D eigenvalue weighted by Crippen LogP contribution is -1.77. The van der Waals surface area contributed by atoms with Crippen molar-refractivity contribution in [3.63, 3.8) is 0 Å². The van der Waals surface area contributed by atoms with Gasteiger partial charge in [0.25, 0.3) is 0 Å². The summed E-state index contributed by atoms with van der Waals surface area (Å²) in [5.41, 5.74) is 2.69. The van der Waals surface area contributed by atoms with E-state index in [1.165, 1.54) is 21.2 Å². The second kappa shape index (κ2) is 2.91. The molecule has 0 spiro atoms. The van der Waals surface area contributed by atoms with Crippen molar-refractivity contribution < 1.29 is 0 Å². The SMILES string of the molecule is CCc1ccc2c(C)[c]sc2c1. The summed E-state index contributed by atoms with van der Waals surface area (Å²) in [6.45, 7) is 4.30. The summed E-state index contributed by atoms with van der Waals surface area (Å²) in [4.78, 5) is 0. The highest BCUT2D eigenvalue weighted by Gasteiger charge is 1.99. The van der Waals surface area contributed by atoms with E-state index in [2.05, 4.69) is 37.4 Å². The minimum atomic E-state index is 1.12. The fraction of sp³-hybridized carbons (Fsp3) is 0.273. The van der Waals surface area contributed by atoms with Crippen molar-refractivity contribution in [2.24, 2.45) is 0 Å². The first-order valence-electron chi connectivity index (χ1n) is 4.21. The largest absolute Gasteiger partial charge is 0.134 e. The third kappa shape index (κ3) is 1.14. The summed E-state index contributed by atoms with van der Waals surface area (Å²) in [7, 11) is 0. The molecule has 1 aromatic carbocycles. The van der Waals surface area contributed by atoms with E-state index in [9.17, 15) is 0 Å². The van der Waals surface area contributed by atoms with Crippen LogP contribution in [0.2, 0.25) is 0 Å². The first-order chi connectivity index (χ1) is 5.81. The molecule has 61 valence electrons. The lowest BCUT2D eigenvalue weighted by Gasteiger charge is -1.96. The first kappa shape index (κ1) is 7.81. The molecule has 0 aliphatic carbocycles. The van der Waals surface area contributed by atoms with Crippen LogP contribution in [0.4, 0.5) is 0 Å². The van der Waals surface area contributed by atoms with E-state index in [0.717, 1.165) is 6.42 Å². The number of benzene rings is 1. The molecular weight excluding hydrogens is 164 g/mol. The van der Waals surface area contributed by atoms with Gasteiger partial charge < -0.3 is 0 Å². The van der Waals surface area contributed by atoms with E-state index in [-0.39, 0.29) is 0 Å². The number of aryl methyl sites for hydroxylation is 2. The van der Waals surface area contributed by atoms with Crippen LogP contribution >= 0.6 is 11.3 Å². The molecule has 0 aliphatic heterocycles. The van der Waals surface area contributed by atoms with Crippen LogP contribution < -0.4 is 0 Å². The van der Waals surface area contributed by atoms with Gasteiger partial charge in [-0.2, -0.15) is 0 Å². The Balaban J connectivity index is 2.69. The lowest BCUT2D eigenvalue weighted by atomic mass is 10.1. The molecule has 1 radical (unpaired) electrons. The highest BCUT2D eigenvalue weighted by atomic mass is 32.1. The molecule has 1 aromatic heterocycles. The standard InChI is InChI=1S/C11H11S/c1-3-9-4-5-10-8(2)7-12-11(10)6-9/h4-6H,3H2,1-2H3. The number of thiophene rings is 1. The summed E-state index contributed by atoms with van der Waals surface area (Å²) in [5, 5.41) is 4.63. The second-order valence-electron chi connectivity index (χ2n) is 3.01. The fourth-order valence-electron chi connectivity index (χ4n) is 1.37. The predicted molar refractivity (Wildman–Crippen MR) is 54.8 cm³/mol. The zero-order valence-corrected chi connectivity index (χ0v) is 8.16. The fourth-order valence-corrected chi connectivity index (χ4v) is 2.28. The third-order valence-electron chi connectivity index (χ3n) is 2.17. The van der Waals surface area contributed by atoms with Crippen LogP contribution in [-0.2, 0) is 6.42 Å². The van der Waals surface area contributed by atoms with Gasteiger partial charge in [0.05, 0.1) is 0 Å². The molecule has 1 heterocycles. The second-order valence-corrected chi connectivity index (χ2v) is 3.86. The van der Waals surface area contributed by atoms with Crippen molar-refractivity contribution in [2.45, 2.75) is 20.3 Å². The Morgan fingerprint density at radius 2 is 2.25 bits per heavy atom. The van der Waals surface area contributed by atoms with Gasteiger partial charge in [-0.05, 0) is 35.9 Å². The molecular formula is C11H11S. The van der Waals surface area contributed by atoms with Crippen LogP contribution in [0.1, 0.15) is 18.1 Å². The van der Waals surface area contributed by atoms with E-state index in [0.29, 0.717) is 0 Å². The highest BCUT2D eigenvalue weighted by molar-refractivity contribution is 7.16. The first-order valence-corrected chi connectivity index (χ1v) is 5.02. The minimum absolute atomic E-state index is 1.12. The molecule has 0 aliphatic rings. The molecule has 1 heteroatoms. The molecule has 0 unspecified atom stereocenters. The normalized spacial score (nSPS) is 10.8. The average molecular weight is 175 g/mol. The van der Waals surface area contributed by atoms with Crippen LogP contribution in [0.25, 0.3) is 10.1 Å². The molecule has 0 fully saturated rings. The topological polar surface area (TPSA) is 0 Å². The van der Waals surface area contributed by atoms with E-state index in [1.807, 2.05) is 0 Å². The van der Waals surface area contributed by atoms with Gasteiger partial charge in [0.1, 0.15) is 0 Å². The predicted octanol–water partition coefficient (Wildman–Crippen LogP) is 3.57. The number of hydrogen-bond acceptors (Lipinski definition) is 1. The van der Waals surface area contributed by atoms with E-state index >= 15 is 0 Å². The summed E-state index contributed by atoms with van der Waals surface area (Å²) in [6.07, 6.45) is 1.12. The maximum absolute atomic E-state index is 3.27. The van der Waals surface area contributed by atoms with Crippen LogP contribution in [0.3, 0.4) is 0 Å². The van der Waals surface area contributed by atoms with Crippen molar-refractivity contribution >= 4 is 21.4 Å². The van der Waals surface area contributed by atoms with E-state index < -0.39 is 0 Å². The Labute approximate surface area is 76.8 Å². The lowest BCUT2D eigenvalue weighted by molar-refractivity contribution is 1.15. The zero-order valence-electron chi connectivity index (χ0n) is 7.35. The Bertz CT molecular complexity index is 398. The summed E-state index contributed by atoms with van der Waals surface area (Å²) in [6, 6.07) is 6.68. The Morgan fingerprint density at radius 1 is 1.42 bits per heavy atom. The van der Waals surface area contributed by atoms with Crippen LogP contribution in [0, 0.1) is 12.3 Å². The highest BCUT2D eigenvalue weighted by Crippen LogP contribution is 2.25. The quantitative estimate of drug-likeness (QED) is 0.621. The molecule has 2 rings (SSSR count). The number of fused-ring (bicyclic) bond motifs is 1. The molecule has 0 atom stereocenters. The van der Waals surface area contributed by atoms with Crippen LogP contribution in [0.5, 0.6) is 0 Å².